The van der Waals surface area contributed by atoms with Gasteiger partial charge in [0.25, 0.3) is 0 Å². The molecule has 0 fully saturated rings. The van der Waals surface area contributed by atoms with Gasteiger partial charge >= 0.3 is 0 Å². The molecule has 3 nitrogen and oxygen atoms in total. The molecule has 0 N–H and O–H groups in total. The van der Waals surface area contributed by atoms with Crippen molar-refractivity contribution in [3.05, 3.63) is 35.1 Å². The summed E-state index contributed by atoms with van der Waals surface area (Å²) in [5.41, 5.74) is -0.596. The summed E-state index contributed by atoms with van der Waals surface area (Å²) in [6, 6.07) is 1.54. The third kappa shape index (κ3) is 3.08. The monoisotopic (exact) mass is 262 g/mol. The number of ether oxygens (including phenoxy) is 2. The highest BCUT2D eigenvalue weighted by atomic mass is 19.2. The molecule has 0 spiro atoms. The van der Waals surface area contributed by atoms with Gasteiger partial charge in [0.1, 0.15) is 0 Å². The van der Waals surface area contributed by atoms with Gasteiger partial charge in [-0.1, -0.05) is 0 Å². The van der Waals surface area contributed by atoms with E-state index in [9.17, 15) is 18.0 Å². The number of ketones is 1. The van der Waals surface area contributed by atoms with Crippen molar-refractivity contribution >= 4 is 5.78 Å². The Bertz CT molecular complexity index is 429. The Kier molecular flexibility index (Phi) is 5.30. The summed E-state index contributed by atoms with van der Waals surface area (Å²) in [5, 5.41) is 0. The van der Waals surface area contributed by atoms with Crippen molar-refractivity contribution in [2.75, 3.05) is 13.2 Å². The van der Waals surface area contributed by atoms with E-state index in [0.717, 1.165) is 6.07 Å². The number of hydrogen-bond acceptors (Lipinski definition) is 3. The predicted molar refractivity (Wildman–Crippen MR) is 57.7 cm³/mol. The zero-order chi connectivity index (χ0) is 13.7. The lowest BCUT2D eigenvalue weighted by Crippen LogP contribution is -2.28. The quantitative estimate of drug-likeness (QED) is 0.449. The van der Waals surface area contributed by atoms with Crippen molar-refractivity contribution in [2.24, 2.45) is 0 Å². The topological polar surface area (TPSA) is 35.5 Å². The van der Waals surface area contributed by atoms with E-state index in [1.54, 1.807) is 13.8 Å². The van der Waals surface area contributed by atoms with Crippen LogP contribution in [-0.4, -0.2) is 25.3 Å². The number of hydrogen-bond donors (Lipinski definition) is 0. The van der Waals surface area contributed by atoms with Gasteiger partial charge in [0.2, 0.25) is 12.1 Å². The molecule has 0 saturated carbocycles. The fourth-order valence-electron chi connectivity index (χ4n) is 1.35. The Morgan fingerprint density at radius 2 is 1.67 bits per heavy atom. The summed E-state index contributed by atoms with van der Waals surface area (Å²) in [7, 11) is 0. The Labute approximate surface area is 103 Å². The number of carbonyl (C=O) groups is 1. The van der Waals surface area contributed by atoms with Crippen LogP contribution in [-0.2, 0) is 9.47 Å². The average molecular weight is 262 g/mol. The molecule has 0 saturated heterocycles. The van der Waals surface area contributed by atoms with Crippen LogP contribution in [0.3, 0.4) is 0 Å². The summed E-state index contributed by atoms with van der Waals surface area (Å²) < 4.78 is 49.1. The molecule has 0 atom stereocenters. The van der Waals surface area contributed by atoms with Crippen LogP contribution in [0.5, 0.6) is 0 Å². The minimum absolute atomic E-state index is 0.168. The van der Waals surface area contributed by atoms with Crippen LogP contribution < -0.4 is 0 Å². The highest BCUT2D eigenvalue weighted by molar-refractivity contribution is 5.98. The van der Waals surface area contributed by atoms with Gasteiger partial charge in [-0.25, -0.2) is 13.2 Å². The van der Waals surface area contributed by atoms with Gasteiger partial charge in [-0.05, 0) is 26.0 Å². The Balaban J connectivity index is 3.05. The van der Waals surface area contributed by atoms with Crippen LogP contribution in [0, 0.1) is 17.5 Å². The molecule has 0 aliphatic heterocycles. The molecule has 0 aliphatic rings. The zero-order valence-corrected chi connectivity index (χ0v) is 10.0. The number of rotatable bonds is 6. The van der Waals surface area contributed by atoms with Gasteiger partial charge in [-0.3, -0.25) is 4.79 Å². The van der Waals surface area contributed by atoms with E-state index in [1.165, 1.54) is 0 Å². The van der Waals surface area contributed by atoms with Crippen LogP contribution in [0.25, 0.3) is 0 Å². The molecule has 6 heteroatoms. The minimum Gasteiger partial charge on any atom is -0.346 e. The van der Waals surface area contributed by atoms with Crippen molar-refractivity contribution in [1.82, 2.24) is 0 Å². The van der Waals surface area contributed by atoms with Gasteiger partial charge < -0.3 is 9.47 Å². The maximum absolute atomic E-state index is 13.4. The van der Waals surface area contributed by atoms with E-state index in [2.05, 4.69) is 0 Å². The SMILES string of the molecule is CCOC(OCC)C(=O)c1ccc(F)c(F)c1F. The first-order chi connectivity index (χ1) is 8.52. The molecule has 0 radical (unpaired) electrons. The second-order valence-electron chi connectivity index (χ2n) is 3.33. The molecule has 18 heavy (non-hydrogen) atoms. The molecule has 0 unspecified atom stereocenters. The van der Waals surface area contributed by atoms with Gasteiger partial charge in [0.15, 0.2) is 17.5 Å². The number of Topliss-reactive ketones (excluding diaryl/α,β-unsaturated/α-hetero) is 1. The smallest absolute Gasteiger partial charge is 0.222 e. The lowest BCUT2D eigenvalue weighted by Gasteiger charge is -2.16. The van der Waals surface area contributed by atoms with Crippen LogP contribution >= 0.6 is 0 Å². The molecule has 0 amide bonds. The predicted octanol–water partition coefficient (Wildman–Crippen LogP) is 2.69. The van der Waals surface area contributed by atoms with E-state index in [0.29, 0.717) is 6.07 Å². The van der Waals surface area contributed by atoms with E-state index in [1.807, 2.05) is 0 Å². The normalized spacial score (nSPS) is 11.0. The lowest BCUT2D eigenvalue weighted by molar-refractivity contribution is -0.107. The van der Waals surface area contributed by atoms with Crippen molar-refractivity contribution in [1.29, 1.82) is 0 Å². The maximum atomic E-state index is 13.4. The molecule has 1 aromatic rings. The van der Waals surface area contributed by atoms with Crippen LogP contribution in [0.1, 0.15) is 24.2 Å². The molecular formula is C12H13F3O3. The zero-order valence-electron chi connectivity index (χ0n) is 10.0. The Hall–Kier alpha value is -1.40. The molecule has 1 rings (SSSR count). The molecule has 0 heterocycles. The lowest BCUT2D eigenvalue weighted by atomic mass is 10.1. The van der Waals surface area contributed by atoms with Crippen LogP contribution in [0.15, 0.2) is 12.1 Å². The molecule has 1 aromatic carbocycles. The molecule has 0 bridgehead atoms. The summed E-state index contributed by atoms with van der Waals surface area (Å²) in [4.78, 5) is 11.8. The van der Waals surface area contributed by atoms with Crippen molar-refractivity contribution in [3.63, 3.8) is 0 Å². The Morgan fingerprint density at radius 3 is 2.17 bits per heavy atom. The van der Waals surface area contributed by atoms with Gasteiger partial charge in [0.05, 0.1) is 5.56 Å². The average Bonchev–Trinajstić information content (AvgIpc) is 2.35. The van der Waals surface area contributed by atoms with E-state index in [4.69, 9.17) is 9.47 Å². The van der Waals surface area contributed by atoms with Crippen molar-refractivity contribution in [2.45, 2.75) is 20.1 Å². The number of carbonyl (C=O) groups excluding carboxylic acids is 1. The fraction of sp³-hybridized carbons (Fsp3) is 0.417. The van der Waals surface area contributed by atoms with Crippen LogP contribution in [0.2, 0.25) is 0 Å². The highest BCUT2D eigenvalue weighted by Crippen LogP contribution is 2.18. The summed E-state index contributed by atoms with van der Waals surface area (Å²) in [6.45, 7) is 3.59. The highest BCUT2D eigenvalue weighted by Gasteiger charge is 2.26. The van der Waals surface area contributed by atoms with E-state index in [-0.39, 0.29) is 13.2 Å². The first-order valence-corrected chi connectivity index (χ1v) is 5.43. The molecular weight excluding hydrogens is 249 g/mol. The second kappa shape index (κ2) is 6.51. The molecule has 0 aliphatic carbocycles. The van der Waals surface area contributed by atoms with Gasteiger partial charge in [0, 0.05) is 13.2 Å². The minimum atomic E-state index is -1.69. The number of benzene rings is 1. The fourth-order valence-corrected chi connectivity index (χ4v) is 1.35. The largest absolute Gasteiger partial charge is 0.346 e. The third-order valence-electron chi connectivity index (χ3n) is 2.15. The van der Waals surface area contributed by atoms with Crippen molar-refractivity contribution in [3.8, 4) is 0 Å². The van der Waals surface area contributed by atoms with Crippen molar-refractivity contribution < 1.29 is 27.4 Å². The summed E-state index contributed by atoms with van der Waals surface area (Å²) in [6.07, 6.45) is -1.32. The Morgan fingerprint density at radius 1 is 1.11 bits per heavy atom. The summed E-state index contributed by atoms with van der Waals surface area (Å²) in [5.74, 6) is -5.46. The second-order valence-corrected chi connectivity index (χ2v) is 3.33. The summed E-state index contributed by atoms with van der Waals surface area (Å²) >= 11 is 0. The first kappa shape index (κ1) is 14.7. The van der Waals surface area contributed by atoms with Gasteiger partial charge in [-0.15, -0.1) is 0 Å². The molecule has 0 aromatic heterocycles. The number of halogens is 3. The van der Waals surface area contributed by atoms with Crippen LogP contribution in [0.4, 0.5) is 13.2 Å². The first-order valence-electron chi connectivity index (χ1n) is 5.43. The standard InChI is InChI=1S/C12H13F3O3/c1-3-17-12(18-4-2)11(16)7-5-6-8(13)10(15)9(7)14/h5-6,12H,3-4H2,1-2H3. The third-order valence-corrected chi connectivity index (χ3v) is 2.15. The molecule has 100 valence electrons. The maximum Gasteiger partial charge on any atom is 0.222 e. The van der Waals surface area contributed by atoms with Gasteiger partial charge in [-0.2, -0.15) is 0 Å². The van der Waals surface area contributed by atoms with E-state index >= 15 is 0 Å². The van der Waals surface area contributed by atoms with E-state index < -0.39 is 35.1 Å².